The van der Waals surface area contributed by atoms with Gasteiger partial charge in [-0.1, -0.05) is 6.92 Å². The van der Waals surface area contributed by atoms with Crippen molar-refractivity contribution >= 4 is 15.5 Å². The van der Waals surface area contributed by atoms with E-state index in [0.29, 0.717) is 54.5 Å². The van der Waals surface area contributed by atoms with Crippen LogP contribution in [0, 0.1) is 6.92 Å². The molecule has 3 heterocycles. The molecular formula is C25H37N6O4S+. The molecule has 0 unspecified atom stereocenters. The number of ether oxygens (including phenoxy) is 1. The Labute approximate surface area is 212 Å². The third kappa shape index (κ3) is 4.67. The van der Waals surface area contributed by atoms with Gasteiger partial charge < -0.3 is 14.2 Å². The van der Waals surface area contributed by atoms with Gasteiger partial charge in [0.05, 0.1) is 62.0 Å². The molecule has 0 amide bonds. The molecule has 1 aliphatic rings. The number of aromatic nitrogens is 4. The average Bonchev–Trinajstić information content (AvgIpc) is 3.20. The van der Waals surface area contributed by atoms with E-state index < -0.39 is 10.0 Å². The van der Waals surface area contributed by atoms with E-state index >= 15 is 0 Å². The Hall–Kier alpha value is -2.76. The lowest BCUT2D eigenvalue weighted by Gasteiger charge is -2.43. The van der Waals surface area contributed by atoms with Gasteiger partial charge in [0, 0.05) is 6.42 Å². The smallest absolute Gasteiger partial charge is 0.277 e. The number of piperazine rings is 1. The molecule has 1 saturated heterocycles. The van der Waals surface area contributed by atoms with Gasteiger partial charge in [0.2, 0.25) is 10.0 Å². The Bertz CT molecular complexity index is 1400. The van der Waals surface area contributed by atoms with Crippen LogP contribution in [-0.2, 0) is 16.4 Å². The van der Waals surface area contributed by atoms with E-state index in [1.54, 1.807) is 33.9 Å². The quantitative estimate of drug-likeness (QED) is 0.437. The third-order valence-electron chi connectivity index (χ3n) is 7.35. The predicted octanol–water partition coefficient (Wildman–Crippen LogP) is 2.61. The second-order valence-corrected chi connectivity index (χ2v) is 11.3. The maximum atomic E-state index is 13.6. The monoisotopic (exact) mass is 517 g/mol. The van der Waals surface area contributed by atoms with Crippen molar-refractivity contribution in [1.82, 2.24) is 23.9 Å². The number of sulfonamides is 1. The first-order valence-corrected chi connectivity index (χ1v) is 14.2. The summed E-state index contributed by atoms with van der Waals surface area (Å²) in [5.41, 5.74) is 1.10. The molecule has 1 aliphatic heterocycles. The number of H-pyrrole nitrogens is 1. The summed E-state index contributed by atoms with van der Waals surface area (Å²) in [5.74, 6) is 1.40. The molecule has 0 bridgehead atoms. The zero-order valence-electron chi connectivity index (χ0n) is 21.9. The van der Waals surface area contributed by atoms with Crippen LogP contribution in [0.15, 0.2) is 27.9 Å². The van der Waals surface area contributed by atoms with Crippen LogP contribution in [0.3, 0.4) is 0 Å². The van der Waals surface area contributed by atoms with E-state index in [2.05, 4.69) is 28.9 Å². The Morgan fingerprint density at radius 2 is 1.81 bits per heavy atom. The van der Waals surface area contributed by atoms with Crippen LogP contribution in [0.4, 0.5) is 0 Å². The number of aryl methyl sites for hydroxylation is 2. The minimum Gasteiger partial charge on any atom is -0.493 e. The second-order valence-electron chi connectivity index (χ2n) is 9.34. The van der Waals surface area contributed by atoms with E-state index in [1.165, 1.54) is 0 Å². The van der Waals surface area contributed by atoms with Crippen molar-refractivity contribution in [2.24, 2.45) is 0 Å². The van der Waals surface area contributed by atoms with E-state index in [4.69, 9.17) is 4.74 Å². The Morgan fingerprint density at radius 1 is 1.11 bits per heavy atom. The lowest BCUT2D eigenvalue weighted by molar-refractivity contribution is -0.928. The highest BCUT2D eigenvalue weighted by atomic mass is 32.2. The van der Waals surface area contributed by atoms with Crippen molar-refractivity contribution in [3.05, 3.63) is 40.1 Å². The molecule has 0 atom stereocenters. The summed E-state index contributed by atoms with van der Waals surface area (Å²) in [6.07, 6.45) is 1.52. The van der Waals surface area contributed by atoms with E-state index in [9.17, 15) is 13.2 Å². The second kappa shape index (κ2) is 10.3. The van der Waals surface area contributed by atoms with Crippen molar-refractivity contribution < 1.29 is 17.6 Å². The van der Waals surface area contributed by atoms with Crippen LogP contribution in [0.2, 0.25) is 0 Å². The number of hydrogen-bond acceptors (Lipinski definition) is 6. The van der Waals surface area contributed by atoms with E-state index in [0.717, 1.165) is 37.1 Å². The van der Waals surface area contributed by atoms with Crippen LogP contribution >= 0.6 is 0 Å². The number of quaternary nitrogens is 1. The SMILES string of the molecule is CCCc1nc(C)c2c(=O)[nH]c(-c3cc(S(=O)(=O)N4CC[N+](CC)(CC)CC4)ccc3OCC)nn12. The van der Waals surface area contributed by atoms with Gasteiger partial charge in [0.1, 0.15) is 11.6 Å². The van der Waals surface area contributed by atoms with Crippen molar-refractivity contribution in [3.63, 3.8) is 0 Å². The average molecular weight is 518 g/mol. The number of aromatic amines is 1. The van der Waals surface area contributed by atoms with Gasteiger partial charge in [-0.3, -0.25) is 4.79 Å². The molecule has 0 saturated carbocycles. The number of benzene rings is 1. The van der Waals surface area contributed by atoms with Crippen LogP contribution < -0.4 is 10.3 Å². The van der Waals surface area contributed by atoms with E-state index in [-0.39, 0.29) is 16.3 Å². The highest BCUT2D eigenvalue weighted by Gasteiger charge is 2.36. The molecule has 0 radical (unpaired) electrons. The van der Waals surface area contributed by atoms with Crippen molar-refractivity contribution in [3.8, 4) is 17.1 Å². The fraction of sp³-hybridized carbons (Fsp3) is 0.560. The summed E-state index contributed by atoms with van der Waals surface area (Å²) < 4.78 is 37.1. The summed E-state index contributed by atoms with van der Waals surface area (Å²) in [4.78, 5) is 20.5. The van der Waals surface area contributed by atoms with Crippen LogP contribution in [-0.4, -0.2) is 82.7 Å². The van der Waals surface area contributed by atoms with Crippen molar-refractivity contribution in [2.75, 3.05) is 45.9 Å². The number of imidazole rings is 1. The molecule has 36 heavy (non-hydrogen) atoms. The molecule has 0 aliphatic carbocycles. The molecule has 10 nitrogen and oxygen atoms in total. The lowest BCUT2D eigenvalue weighted by Crippen LogP contribution is -2.60. The number of rotatable bonds is 9. The predicted molar refractivity (Wildman–Crippen MR) is 139 cm³/mol. The van der Waals surface area contributed by atoms with Crippen LogP contribution in [0.1, 0.15) is 45.6 Å². The molecule has 1 fully saturated rings. The first-order valence-electron chi connectivity index (χ1n) is 12.8. The van der Waals surface area contributed by atoms with Gasteiger partial charge in [-0.2, -0.15) is 4.31 Å². The summed E-state index contributed by atoms with van der Waals surface area (Å²) >= 11 is 0. The molecule has 3 aromatic rings. The molecule has 196 valence electrons. The fourth-order valence-corrected chi connectivity index (χ4v) is 6.44. The Morgan fingerprint density at radius 3 is 2.42 bits per heavy atom. The van der Waals surface area contributed by atoms with Crippen molar-refractivity contribution in [1.29, 1.82) is 0 Å². The topological polar surface area (TPSA) is 110 Å². The highest BCUT2D eigenvalue weighted by Crippen LogP contribution is 2.32. The largest absolute Gasteiger partial charge is 0.493 e. The first-order chi connectivity index (χ1) is 17.2. The molecule has 2 aromatic heterocycles. The maximum Gasteiger partial charge on any atom is 0.277 e. The molecule has 4 rings (SSSR count). The van der Waals surface area contributed by atoms with Gasteiger partial charge in [-0.25, -0.2) is 17.9 Å². The summed E-state index contributed by atoms with van der Waals surface area (Å²) in [6, 6.07) is 4.77. The Kier molecular flexibility index (Phi) is 7.53. The minimum atomic E-state index is -3.73. The highest BCUT2D eigenvalue weighted by molar-refractivity contribution is 7.89. The number of nitrogens with one attached hydrogen (secondary N) is 1. The molecule has 1 aromatic carbocycles. The number of hydrogen-bond donors (Lipinski definition) is 1. The zero-order valence-corrected chi connectivity index (χ0v) is 22.7. The normalized spacial score (nSPS) is 16.5. The first kappa shape index (κ1) is 26.3. The molecule has 11 heteroatoms. The van der Waals surface area contributed by atoms with Gasteiger partial charge in [0.25, 0.3) is 5.56 Å². The van der Waals surface area contributed by atoms with Gasteiger partial charge >= 0.3 is 0 Å². The van der Waals surface area contributed by atoms with Gasteiger partial charge in [-0.05, 0) is 52.3 Å². The molecule has 1 N–H and O–H groups in total. The summed E-state index contributed by atoms with van der Waals surface area (Å²) in [6.45, 7) is 14.9. The Balaban J connectivity index is 1.79. The summed E-state index contributed by atoms with van der Waals surface area (Å²) in [7, 11) is -3.73. The van der Waals surface area contributed by atoms with Crippen LogP contribution in [0.5, 0.6) is 5.75 Å². The van der Waals surface area contributed by atoms with Crippen molar-refractivity contribution in [2.45, 2.75) is 52.4 Å². The van der Waals surface area contributed by atoms with Crippen LogP contribution in [0.25, 0.3) is 16.9 Å². The number of fused-ring (bicyclic) bond motifs is 1. The molecular weight excluding hydrogens is 480 g/mol. The van der Waals surface area contributed by atoms with Gasteiger partial charge in [-0.15, -0.1) is 5.10 Å². The maximum absolute atomic E-state index is 13.6. The third-order valence-corrected chi connectivity index (χ3v) is 9.24. The fourth-order valence-electron chi connectivity index (χ4n) is 5.00. The zero-order chi connectivity index (χ0) is 26.1. The number of nitrogens with zero attached hydrogens (tertiary/aromatic N) is 5. The molecule has 0 spiro atoms. The standard InChI is InChI=1S/C25H36N6O4S/c1-6-10-22-26-18(5)23-25(32)27-24(28-30(22)23)20-17-19(11-12-21(20)35-9-4)36(33,34)29-13-15-31(7-2,8-3)16-14-29/h11-12,17H,6-10,13-16H2,1-5H3/p+1. The summed E-state index contributed by atoms with van der Waals surface area (Å²) in [5, 5.41) is 4.67. The minimum absolute atomic E-state index is 0.160. The lowest BCUT2D eigenvalue weighted by atomic mass is 10.2. The van der Waals surface area contributed by atoms with E-state index in [1.807, 2.05) is 13.8 Å². The van der Waals surface area contributed by atoms with Gasteiger partial charge in [0.15, 0.2) is 11.3 Å². The number of likely N-dealkylation sites (N-methyl/N-ethyl adjacent to an activating group) is 1.